The first kappa shape index (κ1) is 15.6. The summed E-state index contributed by atoms with van der Waals surface area (Å²) in [5, 5.41) is 7.94. The van der Waals surface area contributed by atoms with E-state index in [4.69, 9.17) is 14.2 Å². The molecule has 0 spiro atoms. The van der Waals surface area contributed by atoms with Crippen molar-refractivity contribution in [1.82, 2.24) is 14.8 Å². The lowest BCUT2D eigenvalue weighted by Crippen LogP contribution is -2.31. The first-order valence-corrected chi connectivity index (χ1v) is 7.59. The van der Waals surface area contributed by atoms with E-state index in [9.17, 15) is 0 Å². The number of nitrogens with one attached hydrogen (secondary N) is 1. The van der Waals surface area contributed by atoms with E-state index < -0.39 is 0 Å². The lowest BCUT2D eigenvalue weighted by Gasteiger charge is -2.29. The molecule has 3 rings (SSSR count). The summed E-state index contributed by atoms with van der Waals surface area (Å²) < 4.78 is 17.8. The van der Waals surface area contributed by atoms with Gasteiger partial charge in [-0.3, -0.25) is 0 Å². The molecule has 0 fully saturated rings. The number of methoxy groups -OCH3 is 3. The smallest absolute Gasteiger partial charge is 0.222 e. The average molecular weight is 318 g/mol. The van der Waals surface area contributed by atoms with Crippen LogP contribution in [-0.2, 0) is 11.3 Å². The van der Waals surface area contributed by atoms with Crippen molar-refractivity contribution in [2.24, 2.45) is 0 Å². The summed E-state index contributed by atoms with van der Waals surface area (Å²) in [5.74, 6) is 2.89. The van der Waals surface area contributed by atoms with Crippen molar-refractivity contribution in [1.29, 1.82) is 0 Å². The predicted molar refractivity (Wildman–Crippen MR) is 86.1 cm³/mol. The van der Waals surface area contributed by atoms with Crippen LogP contribution in [0.3, 0.4) is 0 Å². The third kappa shape index (κ3) is 2.96. The summed E-state index contributed by atoms with van der Waals surface area (Å²) in [7, 11) is 4.92. The topological polar surface area (TPSA) is 70.4 Å². The minimum Gasteiger partial charge on any atom is -0.493 e. The summed E-state index contributed by atoms with van der Waals surface area (Å²) >= 11 is 0. The Balaban J connectivity index is 2.00. The zero-order valence-corrected chi connectivity index (χ0v) is 13.9. The molecule has 0 bridgehead atoms. The van der Waals surface area contributed by atoms with E-state index in [-0.39, 0.29) is 6.04 Å². The molecule has 2 unspecified atom stereocenters. The van der Waals surface area contributed by atoms with Gasteiger partial charge in [-0.2, -0.15) is 10.1 Å². The van der Waals surface area contributed by atoms with Crippen molar-refractivity contribution in [3.05, 3.63) is 29.6 Å². The Hall–Kier alpha value is -2.28. The first-order valence-electron chi connectivity index (χ1n) is 7.59. The van der Waals surface area contributed by atoms with Gasteiger partial charge >= 0.3 is 0 Å². The molecule has 0 aliphatic carbocycles. The lowest BCUT2D eigenvalue weighted by molar-refractivity contribution is 0.177. The molecule has 1 aromatic carbocycles. The van der Waals surface area contributed by atoms with Crippen molar-refractivity contribution < 1.29 is 14.2 Å². The van der Waals surface area contributed by atoms with Crippen LogP contribution in [0.15, 0.2) is 18.2 Å². The highest BCUT2D eigenvalue weighted by Gasteiger charge is 2.28. The minimum absolute atomic E-state index is 0.0964. The van der Waals surface area contributed by atoms with Gasteiger partial charge < -0.3 is 19.5 Å². The van der Waals surface area contributed by atoms with E-state index >= 15 is 0 Å². The number of aromatic nitrogens is 3. The van der Waals surface area contributed by atoms with Gasteiger partial charge in [-0.1, -0.05) is 6.07 Å². The fraction of sp³-hybridized carbons (Fsp3) is 0.500. The second-order valence-corrected chi connectivity index (χ2v) is 5.64. The number of anilines is 1. The van der Waals surface area contributed by atoms with Crippen molar-refractivity contribution in [3.8, 4) is 11.5 Å². The zero-order chi connectivity index (χ0) is 16.4. The van der Waals surface area contributed by atoms with Crippen LogP contribution >= 0.6 is 0 Å². The summed E-state index contributed by atoms with van der Waals surface area (Å²) in [6.07, 6.45) is 0.915. The average Bonchev–Trinajstić information content (AvgIpc) is 2.96. The van der Waals surface area contributed by atoms with E-state index in [0.29, 0.717) is 18.5 Å². The van der Waals surface area contributed by atoms with Gasteiger partial charge in [0.2, 0.25) is 5.95 Å². The highest BCUT2D eigenvalue weighted by atomic mass is 16.5. The van der Waals surface area contributed by atoms with Crippen LogP contribution in [0.2, 0.25) is 0 Å². The van der Waals surface area contributed by atoms with Crippen LogP contribution < -0.4 is 14.8 Å². The first-order chi connectivity index (χ1) is 11.2. The molecular weight excluding hydrogens is 296 g/mol. The summed E-state index contributed by atoms with van der Waals surface area (Å²) in [5.41, 5.74) is 1.12. The third-order valence-electron chi connectivity index (χ3n) is 3.99. The molecule has 7 nitrogen and oxygen atoms in total. The van der Waals surface area contributed by atoms with Gasteiger partial charge in [0.1, 0.15) is 6.61 Å². The Morgan fingerprint density at radius 1 is 1.22 bits per heavy atom. The maximum absolute atomic E-state index is 5.42. The van der Waals surface area contributed by atoms with Gasteiger partial charge in [-0.15, -0.1) is 0 Å². The summed E-state index contributed by atoms with van der Waals surface area (Å²) in [6.45, 7) is 2.54. The summed E-state index contributed by atoms with van der Waals surface area (Å²) in [6, 6.07) is 6.38. The van der Waals surface area contributed by atoms with Gasteiger partial charge in [0, 0.05) is 13.2 Å². The van der Waals surface area contributed by atoms with E-state index in [1.165, 1.54) is 0 Å². The Morgan fingerprint density at radius 2 is 2.00 bits per heavy atom. The number of nitrogens with zero attached hydrogens (tertiary/aromatic N) is 3. The minimum atomic E-state index is 0.0964. The Morgan fingerprint density at radius 3 is 2.70 bits per heavy atom. The molecular formula is C16H22N4O3. The highest BCUT2D eigenvalue weighted by Crippen LogP contribution is 2.36. The maximum atomic E-state index is 5.42. The SMILES string of the molecule is COCc1nc2n(n1)C(c1ccc(OC)c(OC)c1)CC(C)N2. The van der Waals surface area contributed by atoms with Crippen LogP contribution in [0.1, 0.15) is 30.8 Å². The predicted octanol–water partition coefficient (Wildman–Crippen LogP) is 2.24. The van der Waals surface area contributed by atoms with E-state index in [0.717, 1.165) is 29.4 Å². The van der Waals surface area contributed by atoms with E-state index in [2.05, 4.69) is 22.3 Å². The zero-order valence-electron chi connectivity index (χ0n) is 13.9. The fourth-order valence-electron chi connectivity index (χ4n) is 2.92. The van der Waals surface area contributed by atoms with Crippen molar-refractivity contribution in [2.75, 3.05) is 26.6 Å². The Kier molecular flexibility index (Phi) is 4.38. The normalized spacial score (nSPS) is 19.8. The van der Waals surface area contributed by atoms with Crippen molar-refractivity contribution in [2.45, 2.75) is 32.0 Å². The molecule has 1 N–H and O–H groups in total. The van der Waals surface area contributed by atoms with Crippen LogP contribution in [-0.4, -0.2) is 42.1 Å². The summed E-state index contributed by atoms with van der Waals surface area (Å²) in [4.78, 5) is 4.50. The largest absolute Gasteiger partial charge is 0.493 e. The number of rotatable bonds is 5. The van der Waals surface area contributed by atoms with E-state index in [1.54, 1.807) is 21.3 Å². The van der Waals surface area contributed by atoms with Crippen LogP contribution in [0, 0.1) is 0 Å². The van der Waals surface area contributed by atoms with E-state index in [1.807, 2.05) is 22.9 Å². The molecule has 7 heteroatoms. The van der Waals surface area contributed by atoms with Gasteiger partial charge in [-0.05, 0) is 31.0 Å². The van der Waals surface area contributed by atoms with Gasteiger partial charge in [0.25, 0.3) is 0 Å². The molecule has 1 aromatic heterocycles. The molecule has 0 amide bonds. The Bertz CT molecular complexity index is 686. The fourth-order valence-corrected chi connectivity index (χ4v) is 2.92. The van der Waals surface area contributed by atoms with Crippen molar-refractivity contribution in [3.63, 3.8) is 0 Å². The quantitative estimate of drug-likeness (QED) is 0.911. The van der Waals surface area contributed by atoms with Gasteiger partial charge in [-0.25, -0.2) is 4.68 Å². The monoisotopic (exact) mass is 318 g/mol. The molecule has 1 aliphatic rings. The second kappa shape index (κ2) is 6.45. The molecule has 23 heavy (non-hydrogen) atoms. The molecule has 2 aromatic rings. The standard InChI is InChI=1S/C16H22N4O3/c1-10-7-12(11-5-6-13(22-3)14(8-11)23-4)20-16(17-10)18-15(19-20)9-21-2/h5-6,8,10,12H,7,9H2,1-4H3,(H,17,18,19). The molecule has 2 atom stereocenters. The number of hydrogen-bond acceptors (Lipinski definition) is 6. The van der Waals surface area contributed by atoms with Gasteiger partial charge in [0.15, 0.2) is 17.3 Å². The number of hydrogen-bond donors (Lipinski definition) is 1. The second-order valence-electron chi connectivity index (χ2n) is 5.64. The number of ether oxygens (including phenoxy) is 3. The van der Waals surface area contributed by atoms with Crippen molar-refractivity contribution >= 4 is 5.95 Å². The maximum Gasteiger partial charge on any atom is 0.222 e. The van der Waals surface area contributed by atoms with Crippen LogP contribution in [0.25, 0.3) is 0 Å². The molecule has 1 aliphatic heterocycles. The van der Waals surface area contributed by atoms with Crippen LogP contribution in [0.5, 0.6) is 11.5 Å². The number of fused-ring (bicyclic) bond motifs is 1. The molecule has 124 valence electrons. The van der Waals surface area contributed by atoms with Gasteiger partial charge in [0.05, 0.1) is 20.3 Å². The molecule has 0 saturated carbocycles. The number of benzene rings is 1. The third-order valence-corrected chi connectivity index (χ3v) is 3.99. The molecule has 0 radical (unpaired) electrons. The highest BCUT2D eigenvalue weighted by molar-refractivity contribution is 5.45. The lowest BCUT2D eigenvalue weighted by atomic mass is 9.98. The Labute approximate surface area is 135 Å². The van der Waals surface area contributed by atoms with Crippen LogP contribution in [0.4, 0.5) is 5.95 Å². The molecule has 0 saturated heterocycles. The molecule has 2 heterocycles.